The van der Waals surface area contributed by atoms with Crippen molar-refractivity contribution in [3.05, 3.63) is 42.5 Å². The largest absolute Gasteiger partial charge is 0.350 e. The van der Waals surface area contributed by atoms with E-state index in [-0.39, 0.29) is 17.9 Å². The zero-order valence-corrected chi connectivity index (χ0v) is 14.5. The van der Waals surface area contributed by atoms with Gasteiger partial charge in [0.15, 0.2) is 12.0 Å². The Morgan fingerprint density at radius 3 is 2.88 bits per heavy atom. The summed E-state index contributed by atoms with van der Waals surface area (Å²) in [6.45, 7) is 10.3. The molecule has 2 aliphatic rings. The number of anilines is 1. The fourth-order valence-corrected chi connectivity index (χ4v) is 3.22. The third-order valence-corrected chi connectivity index (χ3v) is 4.44. The van der Waals surface area contributed by atoms with Crippen molar-refractivity contribution in [1.82, 2.24) is 0 Å². The van der Waals surface area contributed by atoms with Gasteiger partial charge in [0.05, 0.1) is 18.9 Å². The standard InChI is InChI=1S/C19H25NO4/c1-5-8-13(2)17(21)20-15-10-7-6-9-14(15)11-22-18(20)16-12-23-19(3,4)24-16/h5-7,9-10,13,16,18H,1,8,11-12H2,2-4H3/t13-,16+,18+/m0/s1. The summed E-state index contributed by atoms with van der Waals surface area (Å²) in [5, 5.41) is 0. The van der Waals surface area contributed by atoms with Gasteiger partial charge in [-0.1, -0.05) is 31.2 Å². The third-order valence-electron chi connectivity index (χ3n) is 4.44. The van der Waals surface area contributed by atoms with Gasteiger partial charge < -0.3 is 14.2 Å². The predicted molar refractivity (Wildman–Crippen MR) is 91.4 cm³/mol. The summed E-state index contributed by atoms with van der Waals surface area (Å²) >= 11 is 0. The second-order valence-electron chi connectivity index (χ2n) is 6.83. The highest BCUT2D eigenvalue weighted by Gasteiger charge is 2.45. The van der Waals surface area contributed by atoms with E-state index in [2.05, 4.69) is 6.58 Å². The normalized spacial score (nSPS) is 26.7. The maximum atomic E-state index is 13.1. The van der Waals surface area contributed by atoms with Crippen molar-refractivity contribution in [2.75, 3.05) is 11.5 Å². The van der Waals surface area contributed by atoms with Crippen LogP contribution in [-0.2, 0) is 25.6 Å². The zero-order valence-electron chi connectivity index (χ0n) is 14.5. The van der Waals surface area contributed by atoms with Crippen LogP contribution in [0.1, 0.15) is 32.8 Å². The van der Waals surface area contributed by atoms with Crippen LogP contribution in [0.25, 0.3) is 0 Å². The Morgan fingerprint density at radius 1 is 1.46 bits per heavy atom. The van der Waals surface area contributed by atoms with Gasteiger partial charge in [-0.3, -0.25) is 9.69 Å². The first-order valence-corrected chi connectivity index (χ1v) is 8.38. The molecular weight excluding hydrogens is 306 g/mol. The highest BCUT2D eigenvalue weighted by atomic mass is 16.8. The van der Waals surface area contributed by atoms with Crippen LogP contribution in [0.15, 0.2) is 36.9 Å². The van der Waals surface area contributed by atoms with Gasteiger partial charge in [0, 0.05) is 11.5 Å². The van der Waals surface area contributed by atoms with Gasteiger partial charge in [-0.05, 0) is 26.3 Å². The number of hydrogen-bond acceptors (Lipinski definition) is 4. The van der Waals surface area contributed by atoms with Gasteiger partial charge in [0.1, 0.15) is 6.10 Å². The summed E-state index contributed by atoms with van der Waals surface area (Å²) in [7, 11) is 0. The van der Waals surface area contributed by atoms with Gasteiger partial charge in [-0.25, -0.2) is 0 Å². The molecule has 1 fully saturated rings. The number of para-hydroxylation sites is 1. The quantitative estimate of drug-likeness (QED) is 0.795. The van der Waals surface area contributed by atoms with Crippen molar-refractivity contribution in [2.24, 2.45) is 5.92 Å². The first-order valence-electron chi connectivity index (χ1n) is 8.38. The molecule has 0 spiro atoms. The van der Waals surface area contributed by atoms with E-state index in [9.17, 15) is 4.79 Å². The molecule has 1 aromatic carbocycles. The van der Waals surface area contributed by atoms with Crippen LogP contribution in [0, 0.1) is 5.92 Å². The summed E-state index contributed by atoms with van der Waals surface area (Å²) in [5.41, 5.74) is 1.90. The molecule has 3 atom stereocenters. The van der Waals surface area contributed by atoms with Gasteiger partial charge >= 0.3 is 0 Å². The molecule has 0 N–H and O–H groups in total. The number of allylic oxidation sites excluding steroid dienone is 1. The first kappa shape index (κ1) is 17.1. The maximum Gasteiger partial charge on any atom is 0.232 e. The number of fused-ring (bicyclic) bond motifs is 1. The number of nitrogens with zero attached hydrogens (tertiary/aromatic N) is 1. The minimum absolute atomic E-state index is 0.0142. The number of amides is 1. The Balaban J connectivity index is 1.93. The summed E-state index contributed by atoms with van der Waals surface area (Å²) in [5.74, 6) is -0.817. The lowest BCUT2D eigenvalue weighted by atomic mass is 10.0. The lowest BCUT2D eigenvalue weighted by molar-refractivity contribution is -0.162. The van der Waals surface area contributed by atoms with E-state index >= 15 is 0 Å². The van der Waals surface area contributed by atoms with Gasteiger partial charge in [0.2, 0.25) is 5.91 Å². The van der Waals surface area contributed by atoms with Gasteiger partial charge in [-0.15, -0.1) is 6.58 Å². The SMILES string of the molecule is C=CC[C@H](C)C(=O)N1c2ccccc2CO[C@@H]1[C@H]1COC(C)(C)O1. The van der Waals surface area contributed by atoms with Crippen molar-refractivity contribution in [1.29, 1.82) is 0 Å². The molecule has 5 heteroatoms. The first-order chi connectivity index (χ1) is 11.4. The molecule has 130 valence electrons. The highest BCUT2D eigenvalue weighted by Crippen LogP contribution is 2.36. The average molecular weight is 331 g/mol. The molecule has 0 saturated carbocycles. The monoisotopic (exact) mass is 331 g/mol. The van der Waals surface area contributed by atoms with Gasteiger partial charge in [0.25, 0.3) is 0 Å². The number of ether oxygens (including phenoxy) is 3. The number of hydrogen-bond donors (Lipinski definition) is 0. The fourth-order valence-electron chi connectivity index (χ4n) is 3.22. The maximum absolute atomic E-state index is 13.1. The van der Waals surface area contributed by atoms with Crippen LogP contribution in [0.5, 0.6) is 0 Å². The highest BCUT2D eigenvalue weighted by molar-refractivity contribution is 5.96. The molecule has 0 aromatic heterocycles. The lowest BCUT2D eigenvalue weighted by Crippen LogP contribution is -2.54. The van der Waals surface area contributed by atoms with Gasteiger partial charge in [-0.2, -0.15) is 0 Å². The van der Waals surface area contributed by atoms with Crippen LogP contribution in [-0.4, -0.2) is 30.6 Å². The molecule has 3 rings (SSSR count). The summed E-state index contributed by atoms with van der Waals surface area (Å²) in [6, 6.07) is 7.84. The van der Waals surface area contributed by atoms with E-state index in [1.807, 2.05) is 45.0 Å². The Morgan fingerprint density at radius 2 is 2.21 bits per heavy atom. The number of rotatable bonds is 4. The minimum Gasteiger partial charge on any atom is -0.350 e. The van der Waals surface area contributed by atoms with Crippen LogP contribution in [0.3, 0.4) is 0 Å². The number of carbonyl (C=O) groups excluding carboxylic acids is 1. The van der Waals surface area contributed by atoms with Crippen molar-refractivity contribution in [2.45, 2.75) is 51.9 Å². The Kier molecular flexibility index (Phi) is 4.76. The molecular formula is C19H25NO4. The Hall–Kier alpha value is -1.69. The fraction of sp³-hybridized carbons (Fsp3) is 0.526. The second-order valence-corrected chi connectivity index (χ2v) is 6.83. The molecule has 0 bridgehead atoms. The van der Waals surface area contributed by atoms with E-state index in [4.69, 9.17) is 14.2 Å². The molecule has 2 heterocycles. The van der Waals surface area contributed by atoms with E-state index in [1.54, 1.807) is 11.0 Å². The molecule has 1 saturated heterocycles. The van der Waals surface area contributed by atoms with Crippen LogP contribution in [0.2, 0.25) is 0 Å². The van der Waals surface area contributed by atoms with Crippen molar-refractivity contribution in [3.63, 3.8) is 0 Å². The predicted octanol–water partition coefficient (Wildman–Crippen LogP) is 3.24. The van der Waals surface area contributed by atoms with E-state index < -0.39 is 12.0 Å². The molecule has 2 aliphatic heterocycles. The van der Waals surface area contributed by atoms with Crippen molar-refractivity contribution in [3.8, 4) is 0 Å². The third kappa shape index (κ3) is 3.24. The Bertz CT molecular complexity index is 628. The summed E-state index contributed by atoms with van der Waals surface area (Å²) < 4.78 is 17.7. The molecule has 0 aliphatic carbocycles. The zero-order chi connectivity index (χ0) is 17.3. The minimum atomic E-state index is -0.660. The van der Waals surface area contributed by atoms with Crippen molar-refractivity contribution >= 4 is 11.6 Å². The van der Waals surface area contributed by atoms with Crippen LogP contribution >= 0.6 is 0 Å². The van der Waals surface area contributed by atoms with Crippen LogP contribution < -0.4 is 4.90 Å². The van der Waals surface area contributed by atoms with E-state index in [0.717, 1.165) is 11.3 Å². The summed E-state index contributed by atoms with van der Waals surface area (Å²) in [4.78, 5) is 14.8. The molecule has 1 aromatic rings. The molecule has 0 unspecified atom stereocenters. The molecule has 1 amide bonds. The lowest BCUT2D eigenvalue weighted by Gasteiger charge is -2.40. The Labute approximate surface area is 143 Å². The number of carbonyl (C=O) groups is 1. The second kappa shape index (κ2) is 6.67. The average Bonchev–Trinajstić information content (AvgIpc) is 2.93. The topological polar surface area (TPSA) is 48.0 Å². The van der Waals surface area contributed by atoms with Crippen molar-refractivity contribution < 1.29 is 19.0 Å². The van der Waals surface area contributed by atoms with Crippen LogP contribution in [0.4, 0.5) is 5.69 Å². The molecule has 24 heavy (non-hydrogen) atoms. The molecule has 5 nitrogen and oxygen atoms in total. The van der Waals surface area contributed by atoms with E-state index in [1.165, 1.54) is 0 Å². The summed E-state index contributed by atoms with van der Waals surface area (Å²) in [6.07, 6.45) is 1.60. The smallest absolute Gasteiger partial charge is 0.232 e. The van der Waals surface area contributed by atoms with E-state index in [0.29, 0.717) is 19.6 Å². The molecule has 0 radical (unpaired) electrons. The number of benzene rings is 1.